The summed E-state index contributed by atoms with van der Waals surface area (Å²) >= 11 is 0. The average Bonchev–Trinajstić information content (AvgIpc) is 2.71. The zero-order valence-corrected chi connectivity index (χ0v) is 17.3. The number of carbonyl (C=O) groups excluding carboxylic acids is 3. The van der Waals surface area contributed by atoms with Gasteiger partial charge in [0.15, 0.2) is 18.1 Å². The van der Waals surface area contributed by atoms with E-state index in [0.29, 0.717) is 24.2 Å². The van der Waals surface area contributed by atoms with Crippen LogP contribution in [0.25, 0.3) is 0 Å². The van der Waals surface area contributed by atoms with Gasteiger partial charge in [0.05, 0.1) is 6.54 Å². The molecule has 0 aromatic heterocycles. The van der Waals surface area contributed by atoms with Crippen molar-refractivity contribution in [3.05, 3.63) is 53.1 Å². The summed E-state index contributed by atoms with van der Waals surface area (Å²) in [5.41, 5.74) is 1.71. The van der Waals surface area contributed by atoms with E-state index < -0.39 is 30.0 Å². The molecular formula is C22H26N2O6. The van der Waals surface area contributed by atoms with Gasteiger partial charge in [0.1, 0.15) is 5.56 Å². The van der Waals surface area contributed by atoms with Crippen LogP contribution in [0.3, 0.4) is 0 Å². The van der Waals surface area contributed by atoms with Gasteiger partial charge in [-0.05, 0) is 43.5 Å². The van der Waals surface area contributed by atoms with Crippen LogP contribution < -0.4 is 5.32 Å². The molecule has 0 bridgehead atoms. The Labute approximate surface area is 175 Å². The van der Waals surface area contributed by atoms with Crippen molar-refractivity contribution in [2.45, 2.75) is 27.2 Å². The van der Waals surface area contributed by atoms with Gasteiger partial charge < -0.3 is 25.2 Å². The van der Waals surface area contributed by atoms with E-state index >= 15 is 0 Å². The fourth-order valence-corrected chi connectivity index (χ4v) is 2.78. The minimum atomic E-state index is -0.947. The van der Waals surface area contributed by atoms with E-state index in [-0.39, 0.29) is 18.0 Å². The molecule has 0 saturated carbocycles. The summed E-state index contributed by atoms with van der Waals surface area (Å²) in [5.74, 6) is -2.87. The van der Waals surface area contributed by atoms with E-state index in [1.165, 1.54) is 17.0 Å². The number of carbonyl (C=O) groups is 3. The Morgan fingerprint density at radius 3 is 2.37 bits per heavy atom. The van der Waals surface area contributed by atoms with Crippen LogP contribution in [0.4, 0.5) is 5.69 Å². The number of anilines is 1. The fraction of sp³-hybridized carbons (Fsp3) is 0.318. The van der Waals surface area contributed by atoms with Gasteiger partial charge in [-0.3, -0.25) is 9.59 Å². The lowest BCUT2D eigenvalue weighted by Gasteiger charge is -2.21. The molecular weight excluding hydrogens is 388 g/mol. The van der Waals surface area contributed by atoms with Crippen molar-refractivity contribution < 1.29 is 29.3 Å². The highest BCUT2D eigenvalue weighted by Gasteiger charge is 2.21. The Morgan fingerprint density at radius 2 is 1.70 bits per heavy atom. The maximum absolute atomic E-state index is 12.5. The van der Waals surface area contributed by atoms with Gasteiger partial charge in [-0.2, -0.15) is 0 Å². The molecule has 2 amide bonds. The molecule has 0 radical (unpaired) electrons. The van der Waals surface area contributed by atoms with E-state index in [0.717, 1.165) is 5.56 Å². The van der Waals surface area contributed by atoms with Crippen molar-refractivity contribution in [3.8, 4) is 11.5 Å². The number of phenolic OH excluding ortho intramolecular Hbond substituents is 2. The number of nitrogens with zero attached hydrogens (tertiary/aromatic N) is 1. The van der Waals surface area contributed by atoms with Crippen molar-refractivity contribution in [2.75, 3.05) is 25.0 Å². The van der Waals surface area contributed by atoms with Gasteiger partial charge in [0, 0.05) is 12.2 Å². The lowest BCUT2D eigenvalue weighted by atomic mass is 10.1. The topological polar surface area (TPSA) is 116 Å². The fourth-order valence-electron chi connectivity index (χ4n) is 2.78. The maximum Gasteiger partial charge on any atom is 0.342 e. The standard InChI is InChI=1S/C22H26N2O6/c1-4-11-24(12-18(25)23-17-8-6-5-7-14(17)2)19(26)13-30-22(29)16-10-9-15(3)20(27)21(16)28/h5-10,27-28H,4,11-13H2,1-3H3,(H,23,25). The molecule has 8 heteroatoms. The number of hydrogen-bond acceptors (Lipinski definition) is 6. The molecule has 0 unspecified atom stereocenters. The van der Waals surface area contributed by atoms with Crippen LogP contribution in [-0.2, 0) is 14.3 Å². The van der Waals surface area contributed by atoms with Gasteiger partial charge in [0.2, 0.25) is 5.91 Å². The second-order valence-corrected chi connectivity index (χ2v) is 6.88. The minimum Gasteiger partial charge on any atom is -0.504 e. The molecule has 0 aliphatic rings. The van der Waals surface area contributed by atoms with Crippen molar-refractivity contribution >= 4 is 23.5 Å². The molecule has 0 heterocycles. The smallest absolute Gasteiger partial charge is 0.342 e. The highest BCUT2D eigenvalue weighted by atomic mass is 16.5. The lowest BCUT2D eigenvalue weighted by molar-refractivity contribution is -0.137. The third-order valence-corrected chi connectivity index (χ3v) is 4.50. The van der Waals surface area contributed by atoms with Crippen molar-refractivity contribution in [1.82, 2.24) is 4.90 Å². The first-order valence-corrected chi connectivity index (χ1v) is 9.56. The second-order valence-electron chi connectivity index (χ2n) is 6.88. The molecule has 0 aliphatic carbocycles. The van der Waals surface area contributed by atoms with Crippen molar-refractivity contribution in [2.24, 2.45) is 0 Å². The summed E-state index contributed by atoms with van der Waals surface area (Å²) in [6.07, 6.45) is 0.615. The maximum atomic E-state index is 12.5. The van der Waals surface area contributed by atoms with Gasteiger partial charge in [-0.25, -0.2) is 4.79 Å². The highest BCUT2D eigenvalue weighted by Crippen LogP contribution is 2.32. The Morgan fingerprint density at radius 1 is 1.00 bits per heavy atom. The number of esters is 1. The summed E-state index contributed by atoms with van der Waals surface area (Å²) < 4.78 is 4.98. The van der Waals surface area contributed by atoms with E-state index in [9.17, 15) is 24.6 Å². The lowest BCUT2D eigenvalue weighted by Crippen LogP contribution is -2.40. The van der Waals surface area contributed by atoms with Crippen molar-refractivity contribution in [3.63, 3.8) is 0 Å². The van der Waals surface area contributed by atoms with Crippen molar-refractivity contribution in [1.29, 1.82) is 0 Å². The van der Waals surface area contributed by atoms with E-state index in [4.69, 9.17) is 4.74 Å². The van der Waals surface area contributed by atoms with Crippen LogP contribution in [0.5, 0.6) is 11.5 Å². The average molecular weight is 414 g/mol. The molecule has 2 aromatic rings. The van der Waals surface area contributed by atoms with Crippen LogP contribution in [-0.4, -0.2) is 52.6 Å². The molecule has 2 rings (SSSR count). The molecule has 160 valence electrons. The first-order chi connectivity index (χ1) is 14.2. The van der Waals surface area contributed by atoms with Crippen LogP contribution in [0, 0.1) is 13.8 Å². The Kier molecular flexibility index (Phi) is 7.80. The monoisotopic (exact) mass is 414 g/mol. The third-order valence-electron chi connectivity index (χ3n) is 4.50. The molecule has 0 fully saturated rings. The number of hydrogen-bond donors (Lipinski definition) is 3. The quantitative estimate of drug-likeness (QED) is 0.452. The summed E-state index contributed by atoms with van der Waals surface area (Å²) in [6.45, 7) is 4.83. The molecule has 3 N–H and O–H groups in total. The van der Waals surface area contributed by atoms with E-state index in [2.05, 4.69) is 5.32 Å². The van der Waals surface area contributed by atoms with E-state index in [1.807, 2.05) is 26.0 Å². The molecule has 0 atom stereocenters. The zero-order chi connectivity index (χ0) is 22.3. The normalized spacial score (nSPS) is 10.4. The number of para-hydroxylation sites is 1. The highest BCUT2D eigenvalue weighted by molar-refractivity contribution is 5.97. The SMILES string of the molecule is CCCN(CC(=O)Nc1ccccc1C)C(=O)COC(=O)c1ccc(C)c(O)c1O. The zero-order valence-electron chi connectivity index (χ0n) is 17.3. The molecule has 8 nitrogen and oxygen atoms in total. The van der Waals surface area contributed by atoms with Gasteiger partial charge in [-0.1, -0.05) is 31.2 Å². The number of benzene rings is 2. The number of amides is 2. The Balaban J connectivity index is 1.98. The Bertz CT molecular complexity index is 941. The first kappa shape index (κ1) is 22.7. The molecule has 0 saturated heterocycles. The second kappa shape index (κ2) is 10.3. The number of aryl methyl sites for hydroxylation is 2. The number of rotatable bonds is 8. The molecule has 2 aromatic carbocycles. The molecule has 0 spiro atoms. The van der Waals surface area contributed by atoms with Gasteiger partial charge in [-0.15, -0.1) is 0 Å². The van der Waals surface area contributed by atoms with Crippen LogP contribution >= 0.6 is 0 Å². The molecule has 0 aliphatic heterocycles. The predicted molar refractivity (Wildman–Crippen MR) is 111 cm³/mol. The summed E-state index contributed by atoms with van der Waals surface area (Å²) in [4.78, 5) is 38.3. The van der Waals surface area contributed by atoms with E-state index in [1.54, 1.807) is 19.1 Å². The van der Waals surface area contributed by atoms with Crippen LogP contribution in [0.2, 0.25) is 0 Å². The minimum absolute atomic E-state index is 0.185. The number of phenols is 2. The van der Waals surface area contributed by atoms with Crippen LogP contribution in [0.1, 0.15) is 34.8 Å². The Hall–Kier alpha value is -3.55. The number of aromatic hydroxyl groups is 2. The summed E-state index contributed by atoms with van der Waals surface area (Å²) in [6, 6.07) is 10.0. The molecule has 30 heavy (non-hydrogen) atoms. The van der Waals surface area contributed by atoms with Gasteiger partial charge in [0.25, 0.3) is 5.91 Å². The van der Waals surface area contributed by atoms with Gasteiger partial charge >= 0.3 is 5.97 Å². The van der Waals surface area contributed by atoms with Crippen LogP contribution in [0.15, 0.2) is 36.4 Å². The summed E-state index contributed by atoms with van der Waals surface area (Å²) in [5, 5.41) is 22.4. The number of ether oxygens (including phenoxy) is 1. The predicted octanol–water partition coefficient (Wildman–Crippen LogP) is 2.75. The number of nitrogens with one attached hydrogen (secondary N) is 1. The largest absolute Gasteiger partial charge is 0.504 e. The summed E-state index contributed by atoms with van der Waals surface area (Å²) in [7, 11) is 0. The first-order valence-electron chi connectivity index (χ1n) is 9.56. The third kappa shape index (κ3) is 5.73.